The van der Waals surface area contributed by atoms with Crippen molar-refractivity contribution < 1.29 is 9.15 Å². The van der Waals surface area contributed by atoms with E-state index in [4.69, 9.17) is 44.0 Å². The third-order valence-corrected chi connectivity index (χ3v) is 4.92. The van der Waals surface area contributed by atoms with Gasteiger partial charge >= 0.3 is 0 Å². The van der Waals surface area contributed by atoms with Crippen LogP contribution < -0.4 is 4.74 Å². The van der Waals surface area contributed by atoms with Crippen molar-refractivity contribution in [1.29, 1.82) is 0 Å². The highest BCUT2D eigenvalue weighted by Gasteiger charge is 2.09. The predicted octanol–water partition coefficient (Wildman–Crippen LogP) is 5.90. The summed E-state index contributed by atoms with van der Waals surface area (Å²) in [7, 11) is 0. The molecule has 0 saturated heterocycles. The molecule has 0 atom stereocenters. The van der Waals surface area contributed by atoms with Crippen LogP contribution in [0.15, 0.2) is 52.1 Å². The Balaban J connectivity index is 1.55. The molecule has 0 unspecified atom stereocenters. The molecule has 0 radical (unpaired) electrons. The molecule has 3 rings (SSSR count). The molecule has 0 saturated carbocycles. The van der Waals surface area contributed by atoms with E-state index in [0.29, 0.717) is 37.7 Å². The van der Waals surface area contributed by atoms with Gasteiger partial charge in [0.25, 0.3) is 11.1 Å². The Morgan fingerprint density at radius 3 is 2.58 bits per heavy atom. The SMILES string of the molecule is Clc1ccc(CSc2nnc(COc3ccccc3Cl)o2)cc1Cl. The van der Waals surface area contributed by atoms with Gasteiger partial charge in [0.2, 0.25) is 0 Å². The second kappa shape index (κ2) is 8.12. The van der Waals surface area contributed by atoms with Crippen LogP contribution in [0.1, 0.15) is 11.5 Å². The summed E-state index contributed by atoms with van der Waals surface area (Å²) < 4.78 is 11.1. The van der Waals surface area contributed by atoms with Gasteiger partial charge in [0, 0.05) is 5.75 Å². The lowest BCUT2D eigenvalue weighted by atomic mass is 10.2. The molecule has 4 nitrogen and oxygen atoms in total. The van der Waals surface area contributed by atoms with E-state index >= 15 is 0 Å². The van der Waals surface area contributed by atoms with Gasteiger partial charge in [-0.25, -0.2) is 0 Å². The van der Waals surface area contributed by atoms with E-state index in [1.54, 1.807) is 18.2 Å². The molecule has 0 N–H and O–H groups in total. The van der Waals surface area contributed by atoms with Gasteiger partial charge in [-0.05, 0) is 29.8 Å². The van der Waals surface area contributed by atoms with Crippen LogP contribution in [-0.2, 0) is 12.4 Å². The van der Waals surface area contributed by atoms with Crippen LogP contribution in [-0.4, -0.2) is 10.2 Å². The molecular weight excluding hydrogens is 391 g/mol. The Morgan fingerprint density at radius 1 is 0.958 bits per heavy atom. The molecule has 124 valence electrons. The first kappa shape index (κ1) is 17.4. The summed E-state index contributed by atoms with van der Waals surface area (Å²) in [4.78, 5) is 0. The third kappa shape index (κ3) is 4.57. The highest BCUT2D eigenvalue weighted by molar-refractivity contribution is 7.98. The minimum Gasteiger partial charge on any atom is -0.482 e. The zero-order chi connectivity index (χ0) is 16.9. The van der Waals surface area contributed by atoms with Crippen molar-refractivity contribution in [1.82, 2.24) is 10.2 Å². The largest absolute Gasteiger partial charge is 0.482 e. The minimum atomic E-state index is 0.157. The van der Waals surface area contributed by atoms with Crippen LogP contribution in [0.5, 0.6) is 5.75 Å². The maximum Gasteiger partial charge on any atom is 0.277 e. The molecule has 0 bridgehead atoms. The van der Waals surface area contributed by atoms with Crippen molar-refractivity contribution >= 4 is 46.6 Å². The molecule has 0 aliphatic heterocycles. The van der Waals surface area contributed by atoms with Crippen LogP contribution >= 0.6 is 46.6 Å². The maximum atomic E-state index is 6.02. The van der Waals surface area contributed by atoms with Gasteiger partial charge < -0.3 is 9.15 Å². The molecule has 2 aromatic carbocycles. The van der Waals surface area contributed by atoms with E-state index in [1.165, 1.54) is 11.8 Å². The Labute approximate surface area is 158 Å². The fourth-order valence-electron chi connectivity index (χ4n) is 1.83. The first-order valence-electron chi connectivity index (χ1n) is 6.88. The summed E-state index contributed by atoms with van der Waals surface area (Å²) in [6.45, 7) is 0.157. The fraction of sp³-hybridized carbons (Fsp3) is 0.125. The summed E-state index contributed by atoms with van der Waals surface area (Å²) in [5, 5.41) is 9.98. The molecule has 0 spiro atoms. The third-order valence-electron chi connectivity index (χ3n) is 2.98. The van der Waals surface area contributed by atoms with Crippen molar-refractivity contribution in [3.05, 3.63) is 69.0 Å². The number of benzene rings is 2. The zero-order valence-corrected chi connectivity index (χ0v) is 15.3. The van der Waals surface area contributed by atoms with Gasteiger partial charge in [0.05, 0.1) is 15.1 Å². The number of nitrogens with zero attached hydrogens (tertiary/aromatic N) is 2. The van der Waals surface area contributed by atoms with E-state index in [2.05, 4.69) is 10.2 Å². The number of halogens is 3. The van der Waals surface area contributed by atoms with Crippen molar-refractivity contribution in [2.45, 2.75) is 17.6 Å². The van der Waals surface area contributed by atoms with Crippen LogP contribution in [0.3, 0.4) is 0 Å². The standard InChI is InChI=1S/C16H11Cl3N2O2S/c17-11-6-5-10(7-13(11)19)9-24-16-21-20-15(23-16)8-22-14-4-2-1-3-12(14)18/h1-7H,8-9H2. The Morgan fingerprint density at radius 2 is 1.79 bits per heavy atom. The van der Waals surface area contributed by atoms with E-state index in [9.17, 15) is 0 Å². The minimum absolute atomic E-state index is 0.157. The van der Waals surface area contributed by atoms with Gasteiger partial charge in [-0.3, -0.25) is 0 Å². The predicted molar refractivity (Wildman–Crippen MR) is 96.1 cm³/mol. The van der Waals surface area contributed by atoms with Crippen molar-refractivity contribution in [3.63, 3.8) is 0 Å². The summed E-state index contributed by atoms with van der Waals surface area (Å²) >= 11 is 19.3. The van der Waals surface area contributed by atoms with Crippen molar-refractivity contribution in [3.8, 4) is 5.75 Å². The topological polar surface area (TPSA) is 48.2 Å². The van der Waals surface area contributed by atoms with Crippen LogP contribution in [0.25, 0.3) is 0 Å². The molecule has 0 aliphatic rings. The zero-order valence-electron chi connectivity index (χ0n) is 12.2. The lowest BCUT2D eigenvalue weighted by Crippen LogP contribution is -1.95. The molecule has 1 aromatic heterocycles. The molecule has 8 heteroatoms. The van der Waals surface area contributed by atoms with E-state index in [0.717, 1.165) is 5.56 Å². The summed E-state index contributed by atoms with van der Waals surface area (Å²) in [5.41, 5.74) is 1.02. The van der Waals surface area contributed by atoms with Crippen LogP contribution in [0, 0.1) is 0 Å². The molecular formula is C16H11Cl3N2O2S. The molecule has 0 fully saturated rings. The molecule has 0 amide bonds. The molecule has 24 heavy (non-hydrogen) atoms. The van der Waals surface area contributed by atoms with Gasteiger partial charge in [-0.1, -0.05) is 64.8 Å². The number of aromatic nitrogens is 2. The van der Waals surface area contributed by atoms with Crippen LogP contribution in [0.2, 0.25) is 15.1 Å². The first-order chi connectivity index (χ1) is 11.6. The Kier molecular flexibility index (Phi) is 5.89. The van der Waals surface area contributed by atoms with Gasteiger partial charge in [-0.15, -0.1) is 10.2 Å². The Bertz CT molecular complexity index is 842. The quantitative estimate of drug-likeness (QED) is 0.481. The van der Waals surface area contributed by atoms with Gasteiger partial charge in [-0.2, -0.15) is 0 Å². The number of ether oxygens (including phenoxy) is 1. The lowest BCUT2D eigenvalue weighted by molar-refractivity contribution is 0.252. The van der Waals surface area contributed by atoms with E-state index in [-0.39, 0.29) is 6.61 Å². The fourth-order valence-corrected chi connectivity index (χ4v) is 3.06. The summed E-state index contributed by atoms with van der Waals surface area (Å²) in [6.07, 6.45) is 0. The number of para-hydroxylation sites is 1. The second-order valence-corrected chi connectivity index (χ2v) is 6.87. The number of hydrogen-bond donors (Lipinski definition) is 0. The maximum absolute atomic E-state index is 6.02. The van der Waals surface area contributed by atoms with E-state index < -0.39 is 0 Å². The molecule has 3 aromatic rings. The number of rotatable bonds is 6. The molecule has 1 heterocycles. The van der Waals surface area contributed by atoms with Crippen molar-refractivity contribution in [2.24, 2.45) is 0 Å². The summed E-state index contributed by atoms with van der Waals surface area (Å²) in [6, 6.07) is 12.7. The highest BCUT2D eigenvalue weighted by Crippen LogP contribution is 2.28. The van der Waals surface area contributed by atoms with Gasteiger partial charge in [0.15, 0.2) is 6.61 Å². The van der Waals surface area contributed by atoms with E-state index in [1.807, 2.05) is 24.3 Å². The Hall–Kier alpha value is -1.40. The lowest BCUT2D eigenvalue weighted by Gasteiger charge is -2.04. The average Bonchev–Trinajstić information content (AvgIpc) is 3.03. The van der Waals surface area contributed by atoms with Gasteiger partial charge in [0.1, 0.15) is 5.75 Å². The first-order valence-corrected chi connectivity index (χ1v) is 9.00. The average molecular weight is 402 g/mol. The van der Waals surface area contributed by atoms with Crippen molar-refractivity contribution in [2.75, 3.05) is 0 Å². The van der Waals surface area contributed by atoms with Crippen LogP contribution in [0.4, 0.5) is 0 Å². The highest BCUT2D eigenvalue weighted by atomic mass is 35.5. The smallest absolute Gasteiger partial charge is 0.277 e. The number of thioether (sulfide) groups is 1. The number of hydrogen-bond acceptors (Lipinski definition) is 5. The molecule has 0 aliphatic carbocycles. The summed E-state index contributed by atoms with van der Waals surface area (Å²) in [5.74, 6) is 1.60. The second-order valence-electron chi connectivity index (χ2n) is 4.72. The normalized spacial score (nSPS) is 10.8. The monoisotopic (exact) mass is 400 g/mol.